The predicted molar refractivity (Wildman–Crippen MR) is 61.4 cm³/mol. The van der Waals surface area contributed by atoms with Gasteiger partial charge in [-0.15, -0.1) is 0 Å². The van der Waals surface area contributed by atoms with Crippen LogP contribution in [0.3, 0.4) is 0 Å². The van der Waals surface area contributed by atoms with E-state index in [1.165, 1.54) is 0 Å². The minimum atomic E-state index is -3.10. The van der Waals surface area contributed by atoms with Crippen LogP contribution >= 0.6 is 0 Å². The lowest BCUT2D eigenvalue weighted by Crippen LogP contribution is -2.38. The summed E-state index contributed by atoms with van der Waals surface area (Å²) in [7, 11) is -1.47. The summed E-state index contributed by atoms with van der Waals surface area (Å²) < 4.78 is 30.0. The molecule has 15 heavy (non-hydrogen) atoms. The average Bonchev–Trinajstić information content (AvgIpc) is 2.16. The van der Waals surface area contributed by atoms with Crippen molar-refractivity contribution in [1.29, 1.82) is 0 Å². The third-order valence-electron chi connectivity index (χ3n) is 2.03. The predicted octanol–water partition coefficient (Wildman–Crippen LogP) is -0.0597. The SMILES string of the molecule is CCNS(=O)(=O)CCNC(CC)COC. The third kappa shape index (κ3) is 7.72. The molecule has 0 saturated heterocycles. The van der Waals surface area contributed by atoms with E-state index in [9.17, 15) is 8.42 Å². The topological polar surface area (TPSA) is 67.4 Å². The molecule has 0 aromatic heterocycles. The van der Waals surface area contributed by atoms with E-state index in [0.29, 0.717) is 19.7 Å². The molecule has 0 amide bonds. The molecule has 2 N–H and O–H groups in total. The van der Waals surface area contributed by atoms with Crippen LogP contribution in [0, 0.1) is 0 Å². The van der Waals surface area contributed by atoms with Crippen molar-refractivity contribution in [3.05, 3.63) is 0 Å². The molecule has 0 aromatic carbocycles. The van der Waals surface area contributed by atoms with Crippen molar-refractivity contribution in [3.63, 3.8) is 0 Å². The largest absolute Gasteiger partial charge is 0.383 e. The summed E-state index contributed by atoms with van der Waals surface area (Å²) in [5, 5.41) is 3.14. The van der Waals surface area contributed by atoms with Crippen LogP contribution in [0.1, 0.15) is 20.3 Å². The summed E-state index contributed by atoms with van der Waals surface area (Å²) in [6.07, 6.45) is 0.926. The fourth-order valence-corrected chi connectivity index (χ4v) is 2.18. The summed E-state index contributed by atoms with van der Waals surface area (Å²) in [5.74, 6) is 0.112. The highest BCUT2D eigenvalue weighted by Crippen LogP contribution is 1.91. The second-order valence-electron chi connectivity index (χ2n) is 3.33. The lowest BCUT2D eigenvalue weighted by molar-refractivity contribution is 0.165. The zero-order valence-electron chi connectivity index (χ0n) is 9.75. The van der Waals surface area contributed by atoms with Crippen molar-refractivity contribution in [2.24, 2.45) is 0 Å². The van der Waals surface area contributed by atoms with Gasteiger partial charge in [0.2, 0.25) is 10.0 Å². The van der Waals surface area contributed by atoms with Crippen LogP contribution in [0.15, 0.2) is 0 Å². The van der Waals surface area contributed by atoms with Crippen molar-refractivity contribution in [2.75, 3.05) is 32.6 Å². The maximum atomic E-state index is 11.3. The molecule has 0 aliphatic carbocycles. The van der Waals surface area contributed by atoms with Gasteiger partial charge in [0.25, 0.3) is 0 Å². The van der Waals surface area contributed by atoms with Crippen molar-refractivity contribution in [2.45, 2.75) is 26.3 Å². The molecule has 0 saturated carbocycles. The van der Waals surface area contributed by atoms with Crippen molar-refractivity contribution < 1.29 is 13.2 Å². The van der Waals surface area contributed by atoms with Crippen molar-refractivity contribution in [3.8, 4) is 0 Å². The van der Waals surface area contributed by atoms with Gasteiger partial charge >= 0.3 is 0 Å². The second-order valence-corrected chi connectivity index (χ2v) is 5.26. The van der Waals surface area contributed by atoms with Gasteiger partial charge in [-0.1, -0.05) is 13.8 Å². The van der Waals surface area contributed by atoms with Crippen molar-refractivity contribution >= 4 is 10.0 Å². The zero-order valence-corrected chi connectivity index (χ0v) is 10.6. The van der Waals surface area contributed by atoms with Gasteiger partial charge in [0.05, 0.1) is 12.4 Å². The lowest BCUT2D eigenvalue weighted by atomic mass is 10.2. The number of ether oxygens (including phenoxy) is 1. The van der Waals surface area contributed by atoms with Crippen LogP contribution in [0.5, 0.6) is 0 Å². The molecule has 1 unspecified atom stereocenters. The summed E-state index contributed by atoms with van der Waals surface area (Å²) in [6.45, 7) is 5.31. The average molecular weight is 238 g/mol. The Kier molecular flexibility index (Phi) is 7.95. The van der Waals surface area contributed by atoms with Crippen LogP contribution < -0.4 is 10.0 Å². The van der Waals surface area contributed by atoms with Crippen LogP contribution in [0.25, 0.3) is 0 Å². The first kappa shape index (κ1) is 14.8. The molecular formula is C9H22N2O3S. The molecule has 92 valence electrons. The van der Waals surface area contributed by atoms with Gasteiger partial charge in [0, 0.05) is 26.2 Å². The monoisotopic (exact) mass is 238 g/mol. The number of hydrogen-bond acceptors (Lipinski definition) is 4. The molecule has 5 nitrogen and oxygen atoms in total. The second kappa shape index (κ2) is 8.04. The number of methoxy groups -OCH3 is 1. The highest BCUT2D eigenvalue weighted by molar-refractivity contribution is 7.89. The van der Waals surface area contributed by atoms with Gasteiger partial charge in [-0.05, 0) is 6.42 Å². The molecule has 6 heteroatoms. The molecule has 0 fully saturated rings. The Hall–Kier alpha value is -0.170. The van der Waals surface area contributed by atoms with Crippen LogP contribution in [0.4, 0.5) is 0 Å². The van der Waals surface area contributed by atoms with Gasteiger partial charge in [0.1, 0.15) is 0 Å². The normalized spacial score (nSPS) is 14.1. The van der Waals surface area contributed by atoms with E-state index in [-0.39, 0.29) is 11.8 Å². The first-order chi connectivity index (χ1) is 7.05. The Balaban J connectivity index is 3.76. The van der Waals surface area contributed by atoms with Gasteiger partial charge in [-0.2, -0.15) is 0 Å². The Morgan fingerprint density at radius 2 is 2.00 bits per heavy atom. The smallest absolute Gasteiger partial charge is 0.212 e. The van der Waals surface area contributed by atoms with E-state index in [4.69, 9.17) is 4.74 Å². The van der Waals surface area contributed by atoms with Gasteiger partial charge < -0.3 is 10.1 Å². The van der Waals surface area contributed by atoms with Gasteiger partial charge in [-0.25, -0.2) is 13.1 Å². The van der Waals surface area contributed by atoms with Gasteiger partial charge in [-0.3, -0.25) is 0 Å². The highest BCUT2D eigenvalue weighted by Gasteiger charge is 2.10. The van der Waals surface area contributed by atoms with E-state index in [1.54, 1.807) is 14.0 Å². The van der Waals surface area contributed by atoms with E-state index >= 15 is 0 Å². The quantitative estimate of drug-likeness (QED) is 0.590. The zero-order chi connectivity index (χ0) is 11.7. The third-order valence-corrected chi connectivity index (χ3v) is 3.50. The van der Waals surface area contributed by atoms with E-state index < -0.39 is 10.0 Å². The Morgan fingerprint density at radius 1 is 1.33 bits per heavy atom. The fourth-order valence-electron chi connectivity index (χ4n) is 1.21. The Labute approximate surface area is 92.6 Å². The molecule has 0 aromatic rings. The Bertz CT molecular complexity index is 242. The van der Waals surface area contributed by atoms with Gasteiger partial charge in [0.15, 0.2) is 0 Å². The molecule has 0 radical (unpaired) electrons. The molecular weight excluding hydrogens is 216 g/mol. The summed E-state index contributed by atoms with van der Waals surface area (Å²) in [5.41, 5.74) is 0. The maximum Gasteiger partial charge on any atom is 0.212 e. The Morgan fingerprint density at radius 3 is 2.47 bits per heavy atom. The number of hydrogen-bond donors (Lipinski definition) is 2. The molecule has 0 heterocycles. The minimum Gasteiger partial charge on any atom is -0.383 e. The molecule has 0 spiro atoms. The van der Waals surface area contributed by atoms with Crippen LogP contribution in [-0.2, 0) is 14.8 Å². The summed E-state index contributed by atoms with van der Waals surface area (Å²) >= 11 is 0. The molecule has 0 rings (SSSR count). The lowest BCUT2D eigenvalue weighted by Gasteiger charge is -2.15. The minimum absolute atomic E-state index is 0.112. The van der Waals surface area contributed by atoms with Crippen molar-refractivity contribution in [1.82, 2.24) is 10.0 Å². The van der Waals surface area contributed by atoms with Crippen LogP contribution in [0.2, 0.25) is 0 Å². The first-order valence-electron chi connectivity index (χ1n) is 5.25. The number of rotatable bonds is 9. The number of sulfonamides is 1. The maximum absolute atomic E-state index is 11.3. The molecule has 0 bridgehead atoms. The summed E-state index contributed by atoms with van der Waals surface area (Å²) in [6, 6.07) is 0.229. The summed E-state index contributed by atoms with van der Waals surface area (Å²) in [4.78, 5) is 0. The fraction of sp³-hybridized carbons (Fsp3) is 1.00. The van der Waals surface area contributed by atoms with Crippen LogP contribution in [-0.4, -0.2) is 47.0 Å². The van der Waals surface area contributed by atoms with E-state index in [1.807, 2.05) is 6.92 Å². The number of nitrogens with one attached hydrogen (secondary N) is 2. The highest BCUT2D eigenvalue weighted by atomic mass is 32.2. The molecule has 1 atom stereocenters. The molecule has 0 aliphatic heterocycles. The van der Waals surface area contributed by atoms with E-state index in [2.05, 4.69) is 10.0 Å². The van der Waals surface area contributed by atoms with E-state index in [0.717, 1.165) is 6.42 Å². The standard InChI is InChI=1S/C9H22N2O3S/c1-4-9(8-14-3)10-6-7-15(12,13)11-5-2/h9-11H,4-8H2,1-3H3. The molecule has 0 aliphatic rings. The first-order valence-corrected chi connectivity index (χ1v) is 6.90.